The topological polar surface area (TPSA) is 101 Å². The van der Waals surface area contributed by atoms with Crippen molar-refractivity contribution >= 4 is 22.7 Å². The fourth-order valence-corrected chi connectivity index (χ4v) is 4.38. The highest BCUT2D eigenvalue weighted by molar-refractivity contribution is 6.02. The molecule has 3 aromatic carbocycles. The van der Waals surface area contributed by atoms with Crippen LogP contribution in [0.1, 0.15) is 51.3 Å². The molecule has 0 spiro atoms. The van der Waals surface area contributed by atoms with Gasteiger partial charge < -0.3 is 14.4 Å². The minimum absolute atomic E-state index is 0.00565. The van der Waals surface area contributed by atoms with Gasteiger partial charge in [-0.3, -0.25) is 0 Å². The summed E-state index contributed by atoms with van der Waals surface area (Å²) in [4.78, 5) is 20.1. The van der Waals surface area contributed by atoms with Crippen molar-refractivity contribution in [3.05, 3.63) is 112 Å². The van der Waals surface area contributed by atoms with Gasteiger partial charge in [-0.05, 0) is 66.9 Å². The molecule has 0 aliphatic carbocycles. The normalized spacial score (nSPS) is 13.1. The summed E-state index contributed by atoms with van der Waals surface area (Å²) < 4.78 is 51.8. The van der Waals surface area contributed by atoms with Gasteiger partial charge in [0.1, 0.15) is 29.9 Å². The Kier molecular flexibility index (Phi) is 6.90. The molecule has 39 heavy (non-hydrogen) atoms. The number of aryl methyl sites for hydroxylation is 1. The molecule has 0 fully saturated rings. The molecule has 0 unspecified atom stereocenters. The Hall–Kier alpha value is -4.91. The molecule has 1 N–H and O–H groups in total. The predicted molar refractivity (Wildman–Crippen MR) is 137 cm³/mol. The average molecular weight is 531 g/mol. The van der Waals surface area contributed by atoms with Crippen LogP contribution in [0.4, 0.5) is 13.2 Å². The second-order valence-electron chi connectivity index (χ2n) is 9.04. The Morgan fingerprint density at radius 2 is 1.87 bits per heavy atom. The number of aliphatic imine (C=N–C) groups is 1. The van der Waals surface area contributed by atoms with Crippen molar-refractivity contribution in [2.24, 2.45) is 12.0 Å². The van der Waals surface area contributed by atoms with Crippen molar-refractivity contribution in [2.75, 3.05) is 0 Å². The Bertz CT molecular complexity index is 1730. The number of hydrogen-bond acceptors (Lipinski definition) is 5. The lowest BCUT2D eigenvalue weighted by molar-refractivity contribution is 0.0697. The molecule has 5 rings (SSSR count). The summed E-state index contributed by atoms with van der Waals surface area (Å²) in [5, 5.41) is 18.1. The summed E-state index contributed by atoms with van der Waals surface area (Å²) in [6, 6.07) is 12.6. The van der Waals surface area contributed by atoms with E-state index < -0.39 is 23.4 Å². The summed E-state index contributed by atoms with van der Waals surface area (Å²) in [5.41, 5.74) is 2.05. The maximum absolute atomic E-state index is 15.2. The predicted octanol–water partition coefficient (Wildman–Crippen LogP) is 5.79. The molecular formula is C29H21F3N4O3. The number of aromatic nitrogens is 2. The van der Waals surface area contributed by atoms with Crippen LogP contribution >= 0.6 is 0 Å². The van der Waals surface area contributed by atoms with Crippen LogP contribution in [-0.2, 0) is 24.8 Å². The standard InChI is InChI=1S/C29H21F3N4O3/c1-36-26-11-17(29(37)38)7-8-25(26)34-27(36)12-19-10-23(32)20(13-22(19)31)24-3-2-4-28(35-24)39-15-18-6-5-16(14-33)9-21(18)30/h4-11,13H,2-3,12,15H2,1H3,(H,37,38). The number of nitriles is 1. The molecule has 0 saturated heterocycles. The Labute approximate surface area is 221 Å². The Morgan fingerprint density at radius 1 is 1.08 bits per heavy atom. The van der Waals surface area contributed by atoms with Crippen LogP contribution in [0.25, 0.3) is 11.0 Å². The number of benzene rings is 3. The van der Waals surface area contributed by atoms with E-state index in [-0.39, 0.29) is 46.7 Å². The molecule has 1 aromatic heterocycles. The van der Waals surface area contributed by atoms with Gasteiger partial charge in [-0.15, -0.1) is 0 Å². The Morgan fingerprint density at radius 3 is 2.62 bits per heavy atom. The zero-order valence-electron chi connectivity index (χ0n) is 20.7. The Balaban J connectivity index is 1.35. The lowest BCUT2D eigenvalue weighted by atomic mass is 10.00. The number of halogens is 3. The van der Waals surface area contributed by atoms with Gasteiger partial charge in [0, 0.05) is 24.6 Å². The first-order valence-electron chi connectivity index (χ1n) is 12.0. The SMILES string of the molecule is Cn1c(Cc2cc(F)c(C3=NC(OCc4ccc(C#N)cc4F)=CCC3)cc2F)nc2ccc(C(=O)O)cc21. The van der Waals surface area contributed by atoms with E-state index in [4.69, 9.17) is 10.00 Å². The quantitative estimate of drug-likeness (QED) is 0.326. The molecule has 0 saturated carbocycles. The van der Waals surface area contributed by atoms with E-state index in [0.29, 0.717) is 35.4 Å². The van der Waals surface area contributed by atoms with Crippen LogP contribution in [0.2, 0.25) is 0 Å². The van der Waals surface area contributed by atoms with Crippen LogP contribution in [0.15, 0.2) is 65.5 Å². The molecule has 1 aliphatic heterocycles. The van der Waals surface area contributed by atoms with Gasteiger partial charge in [0.2, 0.25) is 5.88 Å². The molecule has 2 heterocycles. The number of rotatable bonds is 7. The van der Waals surface area contributed by atoms with Crippen molar-refractivity contribution in [1.29, 1.82) is 5.26 Å². The van der Waals surface area contributed by atoms with Gasteiger partial charge in [-0.1, -0.05) is 6.07 Å². The van der Waals surface area contributed by atoms with Gasteiger partial charge in [0.25, 0.3) is 0 Å². The lowest BCUT2D eigenvalue weighted by Gasteiger charge is -2.16. The average Bonchev–Trinajstić information content (AvgIpc) is 3.24. The van der Waals surface area contributed by atoms with Gasteiger partial charge in [0.15, 0.2) is 0 Å². The molecule has 4 aromatic rings. The van der Waals surface area contributed by atoms with Crippen molar-refractivity contribution < 1.29 is 27.8 Å². The molecule has 0 atom stereocenters. The number of carbonyl (C=O) groups is 1. The molecule has 1 aliphatic rings. The van der Waals surface area contributed by atoms with Crippen molar-refractivity contribution in [2.45, 2.75) is 25.9 Å². The van der Waals surface area contributed by atoms with Gasteiger partial charge in [-0.2, -0.15) is 5.26 Å². The molecular weight excluding hydrogens is 509 g/mol. The van der Waals surface area contributed by atoms with Crippen LogP contribution in [0.5, 0.6) is 0 Å². The molecule has 0 amide bonds. The van der Waals surface area contributed by atoms with E-state index in [9.17, 15) is 14.3 Å². The first kappa shape index (κ1) is 25.7. The van der Waals surface area contributed by atoms with Gasteiger partial charge >= 0.3 is 5.97 Å². The number of aromatic carboxylic acids is 1. The highest BCUT2D eigenvalue weighted by Crippen LogP contribution is 2.25. The van der Waals surface area contributed by atoms with E-state index in [2.05, 4.69) is 9.98 Å². The van der Waals surface area contributed by atoms with Crippen molar-refractivity contribution in [1.82, 2.24) is 9.55 Å². The van der Waals surface area contributed by atoms with Gasteiger partial charge in [-0.25, -0.2) is 27.9 Å². The number of hydrogen-bond donors (Lipinski definition) is 1. The maximum atomic E-state index is 15.2. The van der Waals surface area contributed by atoms with Crippen LogP contribution in [0, 0.1) is 28.8 Å². The third-order valence-electron chi connectivity index (χ3n) is 6.52. The smallest absolute Gasteiger partial charge is 0.335 e. The third kappa shape index (κ3) is 5.25. The zero-order chi connectivity index (χ0) is 27.7. The highest BCUT2D eigenvalue weighted by Gasteiger charge is 2.20. The highest BCUT2D eigenvalue weighted by atomic mass is 19.1. The number of nitrogens with zero attached hydrogens (tertiary/aromatic N) is 4. The van der Waals surface area contributed by atoms with Crippen molar-refractivity contribution in [3.8, 4) is 6.07 Å². The second-order valence-corrected chi connectivity index (χ2v) is 9.04. The summed E-state index contributed by atoms with van der Waals surface area (Å²) >= 11 is 0. The number of imidazole rings is 1. The van der Waals surface area contributed by atoms with E-state index in [1.807, 2.05) is 6.07 Å². The minimum atomic E-state index is -1.07. The summed E-state index contributed by atoms with van der Waals surface area (Å²) in [5.74, 6) is -2.33. The van der Waals surface area contributed by atoms with Crippen LogP contribution < -0.4 is 0 Å². The van der Waals surface area contributed by atoms with Gasteiger partial charge in [0.05, 0.1) is 33.9 Å². The van der Waals surface area contributed by atoms with Crippen LogP contribution in [0.3, 0.4) is 0 Å². The molecule has 196 valence electrons. The summed E-state index contributed by atoms with van der Waals surface area (Å²) in [6.07, 6.45) is 2.53. The molecule has 0 bridgehead atoms. The number of ether oxygens (including phenoxy) is 1. The van der Waals surface area contributed by atoms with E-state index in [0.717, 1.165) is 18.2 Å². The first-order valence-corrected chi connectivity index (χ1v) is 12.0. The zero-order valence-corrected chi connectivity index (χ0v) is 20.7. The van der Waals surface area contributed by atoms with Crippen molar-refractivity contribution in [3.63, 3.8) is 0 Å². The van der Waals surface area contributed by atoms with E-state index in [1.165, 1.54) is 24.3 Å². The first-order chi connectivity index (χ1) is 18.7. The summed E-state index contributed by atoms with van der Waals surface area (Å²) in [7, 11) is 1.69. The number of allylic oxidation sites excluding steroid dienone is 1. The summed E-state index contributed by atoms with van der Waals surface area (Å²) in [6.45, 7) is -0.137. The number of carboxylic acid groups (broad SMARTS) is 1. The molecule has 10 heteroatoms. The number of fused-ring (bicyclic) bond motifs is 1. The second kappa shape index (κ2) is 10.5. The third-order valence-corrected chi connectivity index (χ3v) is 6.52. The van der Waals surface area contributed by atoms with Crippen LogP contribution in [-0.4, -0.2) is 26.3 Å². The largest absolute Gasteiger partial charge is 0.478 e. The van der Waals surface area contributed by atoms with E-state index >= 15 is 8.78 Å². The molecule has 7 nitrogen and oxygen atoms in total. The monoisotopic (exact) mass is 530 g/mol. The van der Waals surface area contributed by atoms with E-state index in [1.54, 1.807) is 23.8 Å². The maximum Gasteiger partial charge on any atom is 0.335 e. The number of carboxylic acids is 1. The fraction of sp³-hybridized carbons (Fsp3) is 0.172. The minimum Gasteiger partial charge on any atom is -0.478 e. The lowest BCUT2D eigenvalue weighted by Crippen LogP contribution is -2.11. The fourth-order valence-electron chi connectivity index (χ4n) is 4.38. The molecule has 0 radical (unpaired) electrons.